The number of hydrogen-bond acceptors (Lipinski definition) is 2. The average Bonchev–Trinajstić information content (AvgIpc) is 3.10. The number of carbonyl (C=O) groups is 2. The number of carbonyl (C=O) groups excluding carboxylic acids is 2. The van der Waals surface area contributed by atoms with Crippen LogP contribution in [0.5, 0.6) is 0 Å². The SMILES string of the molecule is CC(CCC(=O)N(C)C1CCCCCC1)CC(=O)N(C)C1CCCCCC1. The molecule has 0 aromatic heterocycles. The van der Waals surface area contributed by atoms with Crippen LogP contribution in [-0.4, -0.2) is 47.8 Å². The van der Waals surface area contributed by atoms with Crippen molar-refractivity contribution in [1.29, 1.82) is 0 Å². The van der Waals surface area contributed by atoms with Gasteiger partial charge in [-0.25, -0.2) is 0 Å². The molecule has 1 atom stereocenters. The fourth-order valence-electron chi connectivity index (χ4n) is 4.79. The monoisotopic (exact) mass is 378 g/mol. The predicted molar refractivity (Wildman–Crippen MR) is 112 cm³/mol. The summed E-state index contributed by atoms with van der Waals surface area (Å²) in [5, 5.41) is 0. The summed E-state index contributed by atoms with van der Waals surface area (Å²) in [5.41, 5.74) is 0. The van der Waals surface area contributed by atoms with Crippen LogP contribution in [0.3, 0.4) is 0 Å². The Balaban J connectivity index is 1.71. The maximum atomic E-state index is 12.7. The molecule has 0 radical (unpaired) electrons. The quantitative estimate of drug-likeness (QED) is 0.574. The summed E-state index contributed by atoms with van der Waals surface area (Å²) in [4.78, 5) is 29.3. The van der Waals surface area contributed by atoms with Crippen molar-refractivity contribution in [3.8, 4) is 0 Å². The van der Waals surface area contributed by atoms with Gasteiger partial charge in [0.25, 0.3) is 0 Å². The van der Waals surface area contributed by atoms with Gasteiger partial charge in [-0.05, 0) is 38.0 Å². The topological polar surface area (TPSA) is 40.6 Å². The molecular weight excluding hydrogens is 336 g/mol. The van der Waals surface area contributed by atoms with Crippen LogP contribution in [-0.2, 0) is 9.59 Å². The third-order valence-electron chi connectivity index (χ3n) is 6.91. The van der Waals surface area contributed by atoms with Crippen molar-refractivity contribution in [3.63, 3.8) is 0 Å². The lowest BCUT2D eigenvalue weighted by Crippen LogP contribution is -2.38. The van der Waals surface area contributed by atoms with E-state index in [1.165, 1.54) is 51.4 Å². The van der Waals surface area contributed by atoms with Crippen molar-refractivity contribution in [2.24, 2.45) is 5.92 Å². The molecule has 0 aromatic rings. The van der Waals surface area contributed by atoms with Crippen molar-refractivity contribution in [2.75, 3.05) is 14.1 Å². The summed E-state index contributed by atoms with van der Waals surface area (Å²) in [7, 11) is 3.96. The first kappa shape index (κ1) is 22.2. The predicted octanol–water partition coefficient (Wildman–Crippen LogP) is 5.16. The van der Waals surface area contributed by atoms with E-state index in [2.05, 4.69) is 6.92 Å². The molecule has 2 aliphatic carbocycles. The number of rotatable bonds is 7. The minimum absolute atomic E-state index is 0.262. The van der Waals surface area contributed by atoms with E-state index in [-0.39, 0.29) is 17.7 Å². The Kier molecular flexibility index (Phi) is 9.64. The summed E-state index contributed by atoms with van der Waals surface area (Å²) in [6.07, 6.45) is 16.8. The van der Waals surface area contributed by atoms with Crippen LogP contribution >= 0.6 is 0 Å². The molecule has 1 unspecified atom stereocenters. The fraction of sp³-hybridized carbons (Fsp3) is 0.913. The molecule has 0 saturated heterocycles. The van der Waals surface area contributed by atoms with E-state index in [0.717, 1.165) is 32.1 Å². The lowest BCUT2D eigenvalue weighted by atomic mass is 9.98. The van der Waals surface area contributed by atoms with E-state index in [0.29, 0.717) is 24.9 Å². The van der Waals surface area contributed by atoms with Crippen LogP contribution in [0.1, 0.15) is 103 Å². The summed E-state index contributed by atoms with van der Waals surface area (Å²) in [5.74, 6) is 0.800. The van der Waals surface area contributed by atoms with Crippen molar-refractivity contribution >= 4 is 11.8 Å². The van der Waals surface area contributed by atoms with Crippen LogP contribution in [0, 0.1) is 5.92 Å². The first-order valence-electron chi connectivity index (χ1n) is 11.5. The molecule has 0 N–H and O–H groups in total. The summed E-state index contributed by atoms with van der Waals surface area (Å²) in [6.45, 7) is 2.12. The maximum Gasteiger partial charge on any atom is 0.222 e. The molecule has 2 saturated carbocycles. The zero-order chi connectivity index (χ0) is 19.6. The lowest BCUT2D eigenvalue weighted by molar-refractivity contribution is -0.135. The Bertz CT molecular complexity index is 449. The van der Waals surface area contributed by atoms with Crippen LogP contribution in [0.4, 0.5) is 0 Å². The van der Waals surface area contributed by atoms with E-state index in [9.17, 15) is 9.59 Å². The first-order valence-corrected chi connectivity index (χ1v) is 11.5. The zero-order valence-electron chi connectivity index (χ0n) is 18.0. The molecule has 0 aliphatic heterocycles. The number of nitrogens with zero attached hydrogens (tertiary/aromatic N) is 2. The van der Waals surface area contributed by atoms with Gasteiger partial charge < -0.3 is 9.80 Å². The van der Waals surface area contributed by atoms with Gasteiger partial charge in [-0.1, -0.05) is 58.3 Å². The van der Waals surface area contributed by atoms with Gasteiger partial charge in [-0.3, -0.25) is 9.59 Å². The Hall–Kier alpha value is -1.06. The zero-order valence-corrected chi connectivity index (χ0v) is 18.0. The van der Waals surface area contributed by atoms with Gasteiger partial charge in [-0.2, -0.15) is 0 Å². The van der Waals surface area contributed by atoms with Crippen LogP contribution in [0.15, 0.2) is 0 Å². The highest BCUT2D eigenvalue weighted by Crippen LogP contribution is 2.24. The third kappa shape index (κ3) is 7.46. The standard InChI is InChI=1S/C23H42N2O2/c1-19(18-23(27)25(3)21-14-10-6-7-11-15-21)16-17-22(26)24(2)20-12-8-4-5-9-13-20/h19-21H,4-18H2,1-3H3. The average molecular weight is 379 g/mol. The first-order chi connectivity index (χ1) is 13.0. The molecule has 0 bridgehead atoms. The highest BCUT2D eigenvalue weighted by atomic mass is 16.2. The second-order valence-electron chi connectivity index (χ2n) is 9.15. The molecule has 0 spiro atoms. The van der Waals surface area contributed by atoms with Gasteiger partial charge in [-0.15, -0.1) is 0 Å². The molecule has 156 valence electrons. The Morgan fingerprint density at radius 3 is 1.59 bits per heavy atom. The Morgan fingerprint density at radius 1 is 0.741 bits per heavy atom. The molecule has 27 heavy (non-hydrogen) atoms. The Morgan fingerprint density at radius 2 is 1.15 bits per heavy atom. The number of hydrogen-bond donors (Lipinski definition) is 0. The van der Waals surface area contributed by atoms with Crippen molar-refractivity contribution < 1.29 is 9.59 Å². The van der Waals surface area contributed by atoms with Crippen LogP contribution < -0.4 is 0 Å². The van der Waals surface area contributed by atoms with Gasteiger partial charge in [0.15, 0.2) is 0 Å². The van der Waals surface area contributed by atoms with Crippen LogP contribution in [0.25, 0.3) is 0 Å². The van der Waals surface area contributed by atoms with Crippen molar-refractivity contribution in [3.05, 3.63) is 0 Å². The maximum absolute atomic E-state index is 12.7. The van der Waals surface area contributed by atoms with Crippen LogP contribution in [0.2, 0.25) is 0 Å². The minimum atomic E-state index is 0.262. The molecule has 0 aromatic carbocycles. The smallest absolute Gasteiger partial charge is 0.222 e. The molecule has 2 amide bonds. The van der Waals surface area contributed by atoms with Gasteiger partial charge in [0.05, 0.1) is 0 Å². The summed E-state index contributed by atoms with van der Waals surface area (Å²) < 4.78 is 0. The van der Waals surface area contributed by atoms with E-state index in [4.69, 9.17) is 0 Å². The largest absolute Gasteiger partial charge is 0.343 e. The van der Waals surface area contributed by atoms with Gasteiger partial charge in [0.2, 0.25) is 11.8 Å². The summed E-state index contributed by atoms with van der Waals surface area (Å²) in [6, 6.07) is 0.855. The molecule has 2 aliphatic rings. The van der Waals surface area contributed by atoms with E-state index in [1.807, 2.05) is 23.9 Å². The van der Waals surface area contributed by atoms with Gasteiger partial charge in [0, 0.05) is 39.0 Å². The highest BCUT2D eigenvalue weighted by molar-refractivity contribution is 5.77. The van der Waals surface area contributed by atoms with Gasteiger partial charge in [0.1, 0.15) is 0 Å². The molecule has 0 heterocycles. The fourth-order valence-corrected chi connectivity index (χ4v) is 4.79. The third-order valence-corrected chi connectivity index (χ3v) is 6.91. The second kappa shape index (κ2) is 11.7. The molecule has 4 nitrogen and oxygen atoms in total. The van der Waals surface area contributed by atoms with Crippen molar-refractivity contribution in [2.45, 2.75) is 115 Å². The summed E-state index contributed by atoms with van der Waals surface area (Å²) >= 11 is 0. The van der Waals surface area contributed by atoms with E-state index in [1.54, 1.807) is 0 Å². The van der Waals surface area contributed by atoms with Crippen molar-refractivity contribution in [1.82, 2.24) is 9.80 Å². The lowest BCUT2D eigenvalue weighted by Gasteiger charge is -2.29. The number of amides is 2. The van der Waals surface area contributed by atoms with E-state index < -0.39 is 0 Å². The van der Waals surface area contributed by atoms with Gasteiger partial charge >= 0.3 is 0 Å². The molecular formula is C23H42N2O2. The molecule has 2 rings (SSSR count). The minimum Gasteiger partial charge on any atom is -0.343 e. The Labute approximate surface area is 167 Å². The van der Waals surface area contributed by atoms with E-state index >= 15 is 0 Å². The highest BCUT2D eigenvalue weighted by Gasteiger charge is 2.24. The molecule has 4 heteroatoms. The normalized spacial score (nSPS) is 21.1. The molecule has 2 fully saturated rings. The second-order valence-corrected chi connectivity index (χ2v) is 9.15.